The van der Waals surface area contributed by atoms with Gasteiger partial charge in [-0.3, -0.25) is 4.99 Å². The quantitative estimate of drug-likeness (QED) is 0.547. The van der Waals surface area contributed by atoms with Crippen LogP contribution in [0.4, 0.5) is 0 Å². The van der Waals surface area contributed by atoms with Gasteiger partial charge in [0, 0.05) is 11.8 Å². The van der Waals surface area contributed by atoms with Crippen LogP contribution in [0.5, 0.6) is 0 Å². The molecule has 11 heavy (non-hydrogen) atoms. The highest BCUT2D eigenvalue weighted by molar-refractivity contribution is 5.81. The summed E-state index contributed by atoms with van der Waals surface area (Å²) in [5.74, 6) is 0. The molecule has 0 saturated carbocycles. The summed E-state index contributed by atoms with van der Waals surface area (Å²) < 4.78 is 0. The van der Waals surface area contributed by atoms with Gasteiger partial charge in [0.05, 0.1) is 11.2 Å². The van der Waals surface area contributed by atoms with Crippen molar-refractivity contribution in [1.82, 2.24) is 0 Å². The van der Waals surface area contributed by atoms with Crippen molar-refractivity contribution in [3.63, 3.8) is 0 Å². The molecular weight excluding hydrogens is 136 g/mol. The van der Waals surface area contributed by atoms with Gasteiger partial charge in [0.25, 0.3) is 0 Å². The fraction of sp³-hybridized carbons (Fsp3) is 0.222. The standard InChI is InChI=1S/C9H10N2/c1-9(10)4-2-7-3-5-11-8(7)6-9/h2-6H,10H2,1H3. The lowest BCUT2D eigenvalue weighted by molar-refractivity contribution is 0.722. The lowest BCUT2D eigenvalue weighted by atomic mass is 9.94. The second kappa shape index (κ2) is 1.92. The van der Waals surface area contributed by atoms with Gasteiger partial charge in [0.15, 0.2) is 0 Å². The van der Waals surface area contributed by atoms with Gasteiger partial charge < -0.3 is 5.73 Å². The molecule has 1 atom stereocenters. The zero-order chi connectivity index (χ0) is 7.90. The van der Waals surface area contributed by atoms with Crippen LogP contribution in [0.1, 0.15) is 6.92 Å². The third kappa shape index (κ3) is 1.05. The number of rotatable bonds is 0. The van der Waals surface area contributed by atoms with Crippen molar-refractivity contribution in [1.29, 1.82) is 0 Å². The van der Waals surface area contributed by atoms with E-state index >= 15 is 0 Å². The third-order valence-corrected chi connectivity index (χ3v) is 1.83. The lowest BCUT2D eigenvalue weighted by Crippen LogP contribution is -2.32. The van der Waals surface area contributed by atoms with Crippen molar-refractivity contribution >= 4 is 6.21 Å². The van der Waals surface area contributed by atoms with E-state index in [-0.39, 0.29) is 5.54 Å². The van der Waals surface area contributed by atoms with Gasteiger partial charge in [-0.25, -0.2) is 0 Å². The van der Waals surface area contributed by atoms with Crippen LogP contribution < -0.4 is 5.73 Å². The first-order valence-electron chi connectivity index (χ1n) is 3.63. The summed E-state index contributed by atoms with van der Waals surface area (Å²) in [4.78, 5) is 4.17. The van der Waals surface area contributed by atoms with E-state index in [0.717, 1.165) is 11.3 Å². The van der Waals surface area contributed by atoms with Gasteiger partial charge in [0.1, 0.15) is 0 Å². The minimum atomic E-state index is -0.325. The van der Waals surface area contributed by atoms with Crippen molar-refractivity contribution in [2.75, 3.05) is 0 Å². The summed E-state index contributed by atoms with van der Waals surface area (Å²) in [7, 11) is 0. The molecule has 0 radical (unpaired) electrons. The van der Waals surface area contributed by atoms with Crippen molar-refractivity contribution < 1.29 is 0 Å². The molecule has 0 aromatic heterocycles. The first kappa shape index (κ1) is 6.55. The van der Waals surface area contributed by atoms with Gasteiger partial charge in [0.2, 0.25) is 0 Å². The van der Waals surface area contributed by atoms with E-state index in [1.54, 1.807) is 6.21 Å². The van der Waals surface area contributed by atoms with Crippen molar-refractivity contribution in [3.05, 3.63) is 35.6 Å². The Morgan fingerprint density at radius 2 is 2.36 bits per heavy atom. The van der Waals surface area contributed by atoms with Gasteiger partial charge >= 0.3 is 0 Å². The molecule has 2 nitrogen and oxygen atoms in total. The minimum absolute atomic E-state index is 0.325. The van der Waals surface area contributed by atoms with E-state index in [9.17, 15) is 0 Å². The summed E-state index contributed by atoms with van der Waals surface area (Å²) in [6.45, 7) is 1.96. The zero-order valence-corrected chi connectivity index (χ0v) is 6.41. The molecule has 1 aliphatic heterocycles. The predicted octanol–water partition coefficient (Wildman–Crippen LogP) is 1.17. The van der Waals surface area contributed by atoms with Crippen LogP contribution in [-0.2, 0) is 0 Å². The molecule has 2 aliphatic rings. The molecule has 0 bridgehead atoms. The highest BCUT2D eigenvalue weighted by atomic mass is 14.8. The Bertz CT molecular complexity index is 304. The SMILES string of the molecule is CC1(N)C=CC2=CC=NC2=C1. The zero-order valence-electron chi connectivity index (χ0n) is 6.41. The third-order valence-electron chi connectivity index (χ3n) is 1.83. The molecule has 0 spiro atoms. The highest BCUT2D eigenvalue weighted by Gasteiger charge is 2.19. The molecule has 56 valence electrons. The first-order chi connectivity index (χ1) is 5.17. The number of nitrogens with two attached hydrogens (primary N) is 1. The maximum atomic E-state index is 5.87. The van der Waals surface area contributed by atoms with Crippen LogP contribution >= 0.6 is 0 Å². The minimum Gasteiger partial charge on any atom is -0.319 e. The summed E-state index contributed by atoms with van der Waals surface area (Å²) in [6.07, 6.45) is 9.76. The average Bonchev–Trinajstić information content (AvgIpc) is 2.31. The summed E-state index contributed by atoms with van der Waals surface area (Å²) in [5, 5.41) is 0. The maximum absolute atomic E-state index is 5.87. The molecule has 0 aromatic carbocycles. The summed E-state index contributed by atoms with van der Waals surface area (Å²) in [6, 6.07) is 0. The molecule has 0 amide bonds. The Balaban J connectivity index is 2.45. The number of fused-ring (bicyclic) bond motifs is 1. The normalized spacial score (nSPS) is 33.3. The largest absolute Gasteiger partial charge is 0.319 e. The molecule has 1 aliphatic carbocycles. The van der Waals surface area contributed by atoms with Crippen molar-refractivity contribution in [3.8, 4) is 0 Å². The van der Waals surface area contributed by atoms with E-state index < -0.39 is 0 Å². The van der Waals surface area contributed by atoms with E-state index in [1.807, 2.05) is 31.2 Å². The molecular formula is C9H10N2. The number of nitrogens with zero attached hydrogens (tertiary/aromatic N) is 1. The molecule has 1 unspecified atom stereocenters. The number of hydrogen-bond donors (Lipinski definition) is 1. The molecule has 1 heterocycles. The molecule has 0 saturated heterocycles. The van der Waals surface area contributed by atoms with Gasteiger partial charge in [-0.1, -0.05) is 12.2 Å². The second-order valence-electron chi connectivity index (χ2n) is 3.13. The maximum Gasteiger partial charge on any atom is 0.0683 e. The summed E-state index contributed by atoms with van der Waals surface area (Å²) >= 11 is 0. The van der Waals surface area contributed by atoms with E-state index in [1.165, 1.54) is 0 Å². The lowest BCUT2D eigenvalue weighted by Gasteiger charge is -2.19. The molecule has 2 heteroatoms. The van der Waals surface area contributed by atoms with Gasteiger partial charge in [-0.15, -0.1) is 0 Å². The Morgan fingerprint density at radius 3 is 3.18 bits per heavy atom. The first-order valence-corrected chi connectivity index (χ1v) is 3.63. The van der Waals surface area contributed by atoms with E-state index in [4.69, 9.17) is 5.73 Å². The predicted molar refractivity (Wildman–Crippen MR) is 46.4 cm³/mol. The molecule has 0 aromatic rings. The second-order valence-corrected chi connectivity index (χ2v) is 3.13. The summed E-state index contributed by atoms with van der Waals surface area (Å²) in [5.41, 5.74) is 7.70. The van der Waals surface area contributed by atoms with Crippen LogP contribution in [0, 0.1) is 0 Å². The van der Waals surface area contributed by atoms with E-state index in [2.05, 4.69) is 4.99 Å². The monoisotopic (exact) mass is 146 g/mol. The average molecular weight is 146 g/mol. The van der Waals surface area contributed by atoms with E-state index in [0.29, 0.717) is 0 Å². The molecule has 2 N–H and O–H groups in total. The van der Waals surface area contributed by atoms with Gasteiger partial charge in [-0.2, -0.15) is 0 Å². The Morgan fingerprint density at radius 1 is 1.55 bits per heavy atom. The fourth-order valence-electron chi connectivity index (χ4n) is 1.23. The van der Waals surface area contributed by atoms with Crippen LogP contribution in [0.15, 0.2) is 40.6 Å². The Hall–Kier alpha value is -1.15. The van der Waals surface area contributed by atoms with Crippen LogP contribution in [0.2, 0.25) is 0 Å². The smallest absolute Gasteiger partial charge is 0.0683 e. The van der Waals surface area contributed by atoms with Crippen molar-refractivity contribution in [2.24, 2.45) is 10.7 Å². The van der Waals surface area contributed by atoms with Gasteiger partial charge in [-0.05, 0) is 19.1 Å². The van der Waals surface area contributed by atoms with Crippen LogP contribution in [0.3, 0.4) is 0 Å². The highest BCUT2D eigenvalue weighted by Crippen LogP contribution is 2.25. The Labute approximate surface area is 65.8 Å². The van der Waals surface area contributed by atoms with Crippen LogP contribution in [0.25, 0.3) is 0 Å². The van der Waals surface area contributed by atoms with Crippen LogP contribution in [-0.4, -0.2) is 11.8 Å². The number of aliphatic imine (C=N–C) groups is 1. The Kier molecular flexibility index (Phi) is 1.14. The molecule has 0 fully saturated rings. The van der Waals surface area contributed by atoms with Crippen molar-refractivity contribution in [2.45, 2.75) is 12.5 Å². The molecule has 2 rings (SSSR count). The number of allylic oxidation sites excluding steroid dienone is 2. The fourth-order valence-corrected chi connectivity index (χ4v) is 1.23. The topological polar surface area (TPSA) is 38.4 Å². The number of hydrogen-bond acceptors (Lipinski definition) is 2.